The Kier molecular flexibility index (Phi) is 5.42. The fraction of sp³-hybridized carbons (Fsp3) is 0.533. The Morgan fingerprint density at radius 2 is 2.09 bits per heavy atom. The molecule has 5 nitrogen and oxygen atoms in total. The van der Waals surface area contributed by atoms with Crippen molar-refractivity contribution in [3.8, 4) is 5.75 Å². The zero-order valence-electron chi connectivity index (χ0n) is 12.5. The van der Waals surface area contributed by atoms with Gasteiger partial charge >= 0.3 is 0 Å². The van der Waals surface area contributed by atoms with E-state index < -0.39 is 0 Å². The molecule has 0 spiro atoms. The number of rotatable bonds is 3. The molecule has 0 aromatic heterocycles. The standard InChI is InChI=1S/C15H20ClN3O2.ClH/c1-21-14-7-12(17)11(16)6-10(14)15(20)18-13-8-19-4-2-9(13)3-5-19;/h6-7,9,13H,2-5,8,17H2,1H3,(H,18,20);1H/t13-;/m0./s1. The van der Waals surface area contributed by atoms with E-state index >= 15 is 0 Å². The number of nitrogens with one attached hydrogen (secondary N) is 1. The number of carbonyl (C=O) groups is 1. The lowest BCUT2D eigenvalue weighted by atomic mass is 9.84. The van der Waals surface area contributed by atoms with Crippen LogP contribution in [0.1, 0.15) is 23.2 Å². The third-order valence-electron chi connectivity index (χ3n) is 4.54. The van der Waals surface area contributed by atoms with Gasteiger partial charge in [-0.2, -0.15) is 0 Å². The number of methoxy groups -OCH3 is 1. The lowest BCUT2D eigenvalue weighted by Gasteiger charge is -2.44. The van der Waals surface area contributed by atoms with Crippen molar-refractivity contribution in [3.05, 3.63) is 22.7 Å². The highest BCUT2D eigenvalue weighted by atomic mass is 35.5. The molecule has 7 heteroatoms. The van der Waals surface area contributed by atoms with Crippen LogP contribution < -0.4 is 15.8 Å². The van der Waals surface area contributed by atoms with Crippen LogP contribution in [0, 0.1) is 5.92 Å². The number of nitrogen functional groups attached to an aromatic ring is 1. The minimum Gasteiger partial charge on any atom is -0.496 e. The average molecular weight is 346 g/mol. The van der Waals surface area contributed by atoms with Gasteiger partial charge < -0.3 is 20.7 Å². The van der Waals surface area contributed by atoms with Crippen LogP contribution >= 0.6 is 24.0 Å². The topological polar surface area (TPSA) is 67.6 Å². The second-order valence-electron chi connectivity index (χ2n) is 5.79. The van der Waals surface area contributed by atoms with Crippen LogP contribution in [0.3, 0.4) is 0 Å². The molecule has 22 heavy (non-hydrogen) atoms. The number of nitrogens with zero attached hydrogens (tertiary/aromatic N) is 1. The third kappa shape index (κ3) is 3.26. The molecule has 122 valence electrons. The zero-order valence-corrected chi connectivity index (χ0v) is 14.0. The summed E-state index contributed by atoms with van der Waals surface area (Å²) in [5, 5.41) is 3.50. The zero-order chi connectivity index (χ0) is 15.0. The second-order valence-corrected chi connectivity index (χ2v) is 6.20. The maximum Gasteiger partial charge on any atom is 0.255 e. The molecule has 1 amide bonds. The summed E-state index contributed by atoms with van der Waals surface area (Å²) in [7, 11) is 1.52. The molecule has 1 aromatic carbocycles. The molecule has 3 fully saturated rings. The predicted molar refractivity (Wildman–Crippen MR) is 90.1 cm³/mol. The number of ether oxygens (including phenoxy) is 1. The summed E-state index contributed by atoms with van der Waals surface area (Å²) in [5.74, 6) is 0.886. The summed E-state index contributed by atoms with van der Waals surface area (Å²) in [6, 6.07) is 3.38. The van der Waals surface area contributed by atoms with Crippen molar-refractivity contribution in [3.63, 3.8) is 0 Å². The Bertz CT molecular complexity index is 560. The normalized spacial score (nSPS) is 26.2. The van der Waals surface area contributed by atoms with Crippen molar-refractivity contribution < 1.29 is 9.53 Å². The van der Waals surface area contributed by atoms with E-state index in [1.165, 1.54) is 7.11 Å². The molecule has 3 aliphatic heterocycles. The van der Waals surface area contributed by atoms with Crippen molar-refractivity contribution in [1.82, 2.24) is 10.2 Å². The molecule has 1 atom stereocenters. The number of hydrogen-bond acceptors (Lipinski definition) is 4. The SMILES string of the molecule is COc1cc(N)c(Cl)cc1C(=O)N[C@H]1CN2CCC1CC2.Cl. The molecule has 3 saturated heterocycles. The lowest BCUT2D eigenvalue weighted by Crippen LogP contribution is -2.57. The molecule has 1 aromatic rings. The Balaban J connectivity index is 0.00000176. The first-order valence-electron chi connectivity index (χ1n) is 7.24. The summed E-state index contributed by atoms with van der Waals surface area (Å²) in [4.78, 5) is 14.9. The molecule has 4 rings (SSSR count). The molecule has 3 aliphatic rings. The lowest BCUT2D eigenvalue weighted by molar-refractivity contribution is 0.0619. The van der Waals surface area contributed by atoms with Crippen LogP contribution in [0.15, 0.2) is 12.1 Å². The van der Waals surface area contributed by atoms with Crippen molar-refractivity contribution in [2.75, 3.05) is 32.5 Å². The van der Waals surface area contributed by atoms with E-state index in [9.17, 15) is 4.79 Å². The summed E-state index contributed by atoms with van der Waals surface area (Å²) in [6.45, 7) is 3.23. The fourth-order valence-corrected chi connectivity index (χ4v) is 3.45. The van der Waals surface area contributed by atoms with Gasteiger partial charge in [-0.3, -0.25) is 4.79 Å². The number of hydrogen-bond donors (Lipinski definition) is 2. The highest BCUT2D eigenvalue weighted by Crippen LogP contribution is 2.31. The first-order valence-corrected chi connectivity index (χ1v) is 7.62. The van der Waals surface area contributed by atoms with Gasteiger partial charge in [0.2, 0.25) is 0 Å². The fourth-order valence-electron chi connectivity index (χ4n) is 3.29. The van der Waals surface area contributed by atoms with E-state index in [4.69, 9.17) is 22.1 Å². The Morgan fingerprint density at radius 3 is 2.64 bits per heavy atom. The van der Waals surface area contributed by atoms with E-state index in [2.05, 4.69) is 10.2 Å². The first kappa shape index (κ1) is 17.2. The van der Waals surface area contributed by atoms with Gasteiger partial charge in [0.25, 0.3) is 5.91 Å². The van der Waals surface area contributed by atoms with Gasteiger partial charge in [0.15, 0.2) is 0 Å². The van der Waals surface area contributed by atoms with Crippen LogP contribution in [-0.2, 0) is 0 Å². The first-order chi connectivity index (χ1) is 10.1. The quantitative estimate of drug-likeness (QED) is 0.824. The molecule has 3 heterocycles. The van der Waals surface area contributed by atoms with Gasteiger partial charge in [0.05, 0.1) is 23.4 Å². The second kappa shape index (κ2) is 6.94. The number of anilines is 1. The maximum atomic E-state index is 12.5. The van der Waals surface area contributed by atoms with Gasteiger partial charge in [-0.05, 0) is 37.9 Å². The number of nitrogens with two attached hydrogens (primary N) is 1. The molecule has 2 bridgehead atoms. The van der Waals surface area contributed by atoms with Crippen LogP contribution in [0.5, 0.6) is 5.75 Å². The predicted octanol–water partition coefficient (Wildman–Crippen LogP) is 2.18. The molecule has 0 unspecified atom stereocenters. The highest BCUT2D eigenvalue weighted by molar-refractivity contribution is 6.33. The minimum absolute atomic E-state index is 0. The molecular weight excluding hydrogens is 325 g/mol. The number of carbonyl (C=O) groups excluding carboxylic acids is 1. The Morgan fingerprint density at radius 1 is 1.41 bits per heavy atom. The van der Waals surface area contributed by atoms with E-state index in [0.29, 0.717) is 27.9 Å². The number of benzene rings is 1. The van der Waals surface area contributed by atoms with E-state index in [1.807, 2.05) is 0 Å². The van der Waals surface area contributed by atoms with E-state index in [-0.39, 0.29) is 24.4 Å². The van der Waals surface area contributed by atoms with Crippen molar-refractivity contribution in [1.29, 1.82) is 0 Å². The van der Waals surface area contributed by atoms with Gasteiger partial charge in [0, 0.05) is 18.7 Å². The summed E-state index contributed by atoms with van der Waals surface area (Å²) >= 11 is 6.02. The van der Waals surface area contributed by atoms with Gasteiger partial charge in [-0.15, -0.1) is 12.4 Å². The smallest absolute Gasteiger partial charge is 0.255 e. The summed E-state index contributed by atoms with van der Waals surface area (Å²) in [5.41, 5.74) is 6.60. The van der Waals surface area contributed by atoms with Gasteiger partial charge in [-0.25, -0.2) is 0 Å². The van der Waals surface area contributed by atoms with Crippen molar-refractivity contribution in [2.24, 2.45) is 5.92 Å². The average Bonchev–Trinajstić information content (AvgIpc) is 2.50. The monoisotopic (exact) mass is 345 g/mol. The largest absolute Gasteiger partial charge is 0.496 e. The number of fused-ring (bicyclic) bond motifs is 3. The molecule has 0 aliphatic carbocycles. The highest BCUT2D eigenvalue weighted by Gasteiger charge is 2.35. The Hall–Kier alpha value is -1.17. The van der Waals surface area contributed by atoms with E-state index in [0.717, 1.165) is 32.5 Å². The summed E-state index contributed by atoms with van der Waals surface area (Å²) in [6.07, 6.45) is 2.31. The maximum absolute atomic E-state index is 12.5. The van der Waals surface area contributed by atoms with Crippen molar-refractivity contribution in [2.45, 2.75) is 18.9 Å². The third-order valence-corrected chi connectivity index (χ3v) is 4.86. The number of halogens is 2. The molecule has 3 N–H and O–H groups in total. The van der Waals surface area contributed by atoms with Crippen LogP contribution in [0.4, 0.5) is 5.69 Å². The van der Waals surface area contributed by atoms with Gasteiger partial charge in [-0.1, -0.05) is 11.6 Å². The van der Waals surface area contributed by atoms with Crippen LogP contribution in [0.25, 0.3) is 0 Å². The minimum atomic E-state index is -0.146. The van der Waals surface area contributed by atoms with Crippen LogP contribution in [0.2, 0.25) is 5.02 Å². The molecule has 0 saturated carbocycles. The molecular formula is C15H21Cl2N3O2. The Labute approximate surface area is 141 Å². The molecule has 0 radical (unpaired) electrons. The van der Waals surface area contributed by atoms with E-state index in [1.54, 1.807) is 12.1 Å². The summed E-state index contributed by atoms with van der Waals surface area (Å²) < 4.78 is 5.24. The van der Waals surface area contributed by atoms with Crippen LogP contribution in [-0.4, -0.2) is 43.6 Å². The van der Waals surface area contributed by atoms with Crippen molar-refractivity contribution >= 4 is 35.6 Å². The van der Waals surface area contributed by atoms with Gasteiger partial charge in [0.1, 0.15) is 5.75 Å². The number of amides is 1. The number of piperidine rings is 3.